The average Bonchev–Trinajstić information content (AvgIpc) is 2.75. The van der Waals surface area contributed by atoms with Gasteiger partial charge in [0.15, 0.2) is 5.78 Å². The van der Waals surface area contributed by atoms with Crippen molar-refractivity contribution in [1.82, 2.24) is 0 Å². The van der Waals surface area contributed by atoms with Crippen LogP contribution in [0, 0.1) is 17.8 Å². The van der Waals surface area contributed by atoms with Gasteiger partial charge < -0.3 is 5.11 Å². The Balaban J connectivity index is 0.000000186. The van der Waals surface area contributed by atoms with Crippen molar-refractivity contribution in [2.24, 2.45) is 17.8 Å². The summed E-state index contributed by atoms with van der Waals surface area (Å²) in [5, 5.41) is 10.8. The van der Waals surface area contributed by atoms with Gasteiger partial charge in [0.1, 0.15) is 5.78 Å². The van der Waals surface area contributed by atoms with Crippen LogP contribution in [0.3, 0.4) is 0 Å². The van der Waals surface area contributed by atoms with Crippen molar-refractivity contribution < 1.29 is 14.7 Å². The van der Waals surface area contributed by atoms with Gasteiger partial charge in [-0.3, -0.25) is 9.59 Å². The first kappa shape index (κ1) is 26.6. The molecule has 0 radical (unpaired) electrons. The van der Waals surface area contributed by atoms with Gasteiger partial charge in [0.05, 0.1) is 5.60 Å². The molecule has 0 aromatic rings. The summed E-state index contributed by atoms with van der Waals surface area (Å²) < 4.78 is 0. The van der Waals surface area contributed by atoms with E-state index in [0.29, 0.717) is 29.8 Å². The highest BCUT2D eigenvalue weighted by molar-refractivity contribution is 5.97. The maximum atomic E-state index is 12.1. The van der Waals surface area contributed by atoms with E-state index in [1.165, 1.54) is 88.2 Å². The molecule has 1 N–H and O–H groups in total. The number of carbonyl (C=O) groups excluding carboxylic acids is 2. The lowest BCUT2D eigenvalue weighted by Gasteiger charge is -2.42. The predicted molar refractivity (Wildman–Crippen MR) is 136 cm³/mol. The van der Waals surface area contributed by atoms with Crippen LogP contribution >= 0.6 is 0 Å². The second-order valence-electron chi connectivity index (χ2n) is 11.9. The van der Waals surface area contributed by atoms with Crippen LogP contribution in [0.2, 0.25) is 0 Å². The Labute approximate surface area is 203 Å². The van der Waals surface area contributed by atoms with Gasteiger partial charge in [-0.2, -0.15) is 0 Å². The van der Waals surface area contributed by atoms with E-state index in [0.717, 1.165) is 44.9 Å². The summed E-state index contributed by atoms with van der Waals surface area (Å²) in [5.74, 6) is 1.69. The van der Waals surface area contributed by atoms with Gasteiger partial charge in [0, 0.05) is 18.8 Å². The first-order valence-electron chi connectivity index (χ1n) is 14.4. The molecule has 3 heteroatoms. The molecule has 33 heavy (non-hydrogen) atoms. The van der Waals surface area contributed by atoms with Crippen LogP contribution in [-0.4, -0.2) is 22.3 Å². The van der Waals surface area contributed by atoms with E-state index in [1.807, 2.05) is 0 Å². The highest BCUT2D eigenvalue weighted by atomic mass is 16.3. The van der Waals surface area contributed by atoms with Crippen molar-refractivity contribution in [1.29, 1.82) is 0 Å². The normalized spacial score (nSPS) is 34.9. The molecule has 0 aromatic heterocycles. The Kier molecular flexibility index (Phi) is 10.7. The number of Topliss-reactive ketones (excluding diaryl/α,β-unsaturated/α-hetero) is 2. The Hall–Kier alpha value is -0.960. The molecule has 0 spiro atoms. The van der Waals surface area contributed by atoms with Gasteiger partial charge >= 0.3 is 0 Å². The fourth-order valence-electron chi connectivity index (χ4n) is 6.97. The summed E-state index contributed by atoms with van der Waals surface area (Å²) in [6.07, 6.45) is 22.8. The van der Waals surface area contributed by atoms with Crippen molar-refractivity contribution in [3.8, 4) is 0 Å². The molecule has 0 saturated heterocycles. The van der Waals surface area contributed by atoms with E-state index in [2.05, 4.69) is 13.8 Å². The summed E-state index contributed by atoms with van der Waals surface area (Å²) in [6, 6.07) is 0. The molecule has 1 unspecified atom stereocenters. The smallest absolute Gasteiger partial charge is 0.159 e. The Bertz CT molecular complexity index is 678. The van der Waals surface area contributed by atoms with Gasteiger partial charge in [-0.1, -0.05) is 83.6 Å². The number of aliphatic hydroxyl groups is 1. The minimum absolute atomic E-state index is 0.0585. The maximum Gasteiger partial charge on any atom is 0.159 e. The topological polar surface area (TPSA) is 54.4 Å². The van der Waals surface area contributed by atoms with E-state index in [4.69, 9.17) is 0 Å². The number of fused-ring (bicyclic) bond motifs is 1. The zero-order valence-corrected chi connectivity index (χ0v) is 21.6. The van der Waals surface area contributed by atoms with E-state index < -0.39 is 5.60 Å². The van der Waals surface area contributed by atoms with Crippen molar-refractivity contribution in [2.45, 2.75) is 148 Å². The molecular formula is C30H50O3. The molecule has 3 nitrogen and oxygen atoms in total. The standard InChI is InChI=1S/C15H26O2.C15H24O/c1-12-10-14(16)13-8-6-4-2-3-5-7-9-15(13,17)11-12;1-12-10-13-8-6-4-2-3-5-7-9-14(13)15(16)11-12/h12-13,17H,2-11H2,1H3;12H,2-11H2,1H3/t12-,13-,15+;/m0./s1. The number of allylic oxidation sites excluding steroid dienone is 2. The lowest BCUT2D eigenvalue weighted by molar-refractivity contribution is -0.144. The second kappa shape index (κ2) is 13.2. The molecule has 4 rings (SSSR count). The predicted octanol–water partition coefficient (Wildman–Crippen LogP) is 7.88. The van der Waals surface area contributed by atoms with Crippen LogP contribution in [0.5, 0.6) is 0 Å². The summed E-state index contributed by atoms with van der Waals surface area (Å²) >= 11 is 0. The van der Waals surface area contributed by atoms with Crippen molar-refractivity contribution in [3.63, 3.8) is 0 Å². The van der Waals surface area contributed by atoms with E-state index in [-0.39, 0.29) is 5.92 Å². The lowest BCUT2D eigenvalue weighted by Crippen LogP contribution is -2.48. The molecule has 4 aliphatic carbocycles. The molecule has 2 fully saturated rings. The van der Waals surface area contributed by atoms with Gasteiger partial charge in [-0.05, 0) is 68.8 Å². The highest BCUT2D eigenvalue weighted by Crippen LogP contribution is 2.41. The van der Waals surface area contributed by atoms with Crippen LogP contribution in [0.25, 0.3) is 0 Å². The number of hydrogen-bond acceptors (Lipinski definition) is 3. The fourth-order valence-corrected chi connectivity index (χ4v) is 6.97. The average molecular weight is 459 g/mol. The molecular weight excluding hydrogens is 408 g/mol. The molecule has 0 heterocycles. The largest absolute Gasteiger partial charge is 0.389 e. The molecule has 4 atom stereocenters. The molecule has 188 valence electrons. The van der Waals surface area contributed by atoms with E-state index >= 15 is 0 Å². The summed E-state index contributed by atoms with van der Waals surface area (Å²) in [6.45, 7) is 4.32. The highest BCUT2D eigenvalue weighted by Gasteiger charge is 2.45. The Morgan fingerprint density at radius 2 is 1.30 bits per heavy atom. The molecule has 4 aliphatic rings. The first-order valence-corrected chi connectivity index (χ1v) is 14.4. The summed E-state index contributed by atoms with van der Waals surface area (Å²) in [5.41, 5.74) is 2.08. The first-order chi connectivity index (χ1) is 15.9. The summed E-state index contributed by atoms with van der Waals surface area (Å²) in [4.78, 5) is 24.2. The Morgan fingerprint density at radius 1 is 0.697 bits per heavy atom. The Morgan fingerprint density at radius 3 is 2.03 bits per heavy atom. The van der Waals surface area contributed by atoms with Crippen LogP contribution < -0.4 is 0 Å². The fraction of sp³-hybridized carbons (Fsp3) is 0.867. The third-order valence-electron chi connectivity index (χ3n) is 8.69. The number of ketones is 2. The minimum Gasteiger partial charge on any atom is -0.389 e. The van der Waals surface area contributed by atoms with Crippen LogP contribution in [-0.2, 0) is 9.59 Å². The van der Waals surface area contributed by atoms with Gasteiger partial charge in [-0.15, -0.1) is 0 Å². The van der Waals surface area contributed by atoms with Crippen LogP contribution in [0.4, 0.5) is 0 Å². The lowest BCUT2D eigenvalue weighted by atomic mass is 9.66. The van der Waals surface area contributed by atoms with Gasteiger partial charge in [-0.25, -0.2) is 0 Å². The van der Waals surface area contributed by atoms with Crippen LogP contribution in [0.1, 0.15) is 142 Å². The maximum absolute atomic E-state index is 12.1. The van der Waals surface area contributed by atoms with Crippen molar-refractivity contribution >= 4 is 11.6 Å². The quantitative estimate of drug-likeness (QED) is 0.401. The molecule has 0 amide bonds. The molecule has 2 saturated carbocycles. The third-order valence-corrected chi connectivity index (χ3v) is 8.69. The van der Waals surface area contributed by atoms with Crippen molar-refractivity contribution in [3.05, 3.63) is 11.1 Å². The zero-order valence-electron chi connectivity index (χ0n) is 21.6. The van der Waals surface area contributed by atoms with Gasteiger partial charge in [0.25, 0.3) is 0 Å². The van der Waals surface area contributed by atoms with Gasteiger partial charge in [0.2, 0.25) is 0 Å². The number of carbonyl (C=O) groups is 2. The molecule has 0 aliphatic heterocycles. The number of rotatable bonds is 0. The SMILES string of the molecule is CC1CC(=O)C2=C(CCCCCCCC2)C1.C[C@H]1CC(=O)[C@@H]2CCCCCCCC[C@@]2(O)C1. The zero-order chi connectivity index (χ0) is 23.7. The van der Waals surface area contributed by atoms with Crippen LogP contribution in [0.15, 0.2) is 11.1 Å². The number of hydrogen-bond donors (Lipinski definition) is 1. The monoisotopic (exact) mass is 458 g/mol. The molecule has 0 bridgehead atoms. The molecule has 0 aromatic carbocycles. The van der Waals surface area contributed by atoms with E-state index in [9.17, 15) is 14.7 Å². The van der Waals surface area contributed by atoms with Crippen molar-refractivity contribution in [2.75, 3.05) is 0 Å². The van der Waals surface area contributed by atoms with E-state index in [1.54, 1.807) is 0 Å². The minimum atomic E-state index is -0.675. The summed E-state index contributed by atoms with van der Waals surface area (Å²) in [7, 11) is 0. The second-order valence-corrected chi connectivity index (χ2v) is 11.9. The third kappa shape index (κ3) is 8.05.